The Morgan fingerprint density at radius 2 is 0.708 bits per heavy atom. The van der Waals surface area contributed by atoms with Gasteiger partial charge in [0.1, 0.15) is 11.5 Å². The quantitative estimate of drug-likeness (QED) is 0.140. The van der Waals surface area contributed by atoms with Crippen molar-refractivity contribution < 1.29 is 19.7 Å². The fourth-order valence-electron chi connectivity index (χ4n) is 5.66. The predicted molar refractivity (Wildman–Crippen MR) is 197 cm³/mol. The number of aliphatic hydroxyl groups is 2. The predicted octanol–water partition coefficient (Wildman–Crippen LogP) is 9.53. The van der Waals surface area contributed by atoms with Gasteiger partial charge in [-0.25, -0.2) is 0 Å². The fraction of sp³-hybridized carbons (Fsp3) is 0.0909. The molecule has 2 N–H and O–H groups in total. The summed E-state index contributed by atoms with van der Waals surface area (Å²) < 4.78 is 10.8. The molecule has 0 aromatic heterocycles. The van der Waals surface area contributed by atoms with Crippen LogP contribution in [0.15, 0.2) is 146 Å². The zero-order valence-corrected chi connectivity index (χ0v) is 27.1. The van der Waals surface area contributed by atoms with E-state index in [0.717, 1.165) is 78.3 Å². The third kappa shape index (κ3) is 7.64. The molecule has 0 spiro atoms. The summed E-state index contributed by atoms with van der Waals surface area (Å²) in [6, 6.07) is 49.4. The Balaban J connectivity index is 1.28. The molecule has 0 atom stereocenters. The van der Waals surface area contributed by atoms with E-state index in [1.165, 1.54) is 0 Å². The summed E-state index contributed by atoms with van der Waals surface area (Å²) in [5, 5.41) is 19.1. The summed E-state index contributed by atoms with van der Waals surface area (Å²) in [7, 11) is 3.36. The Hall–Kier alpha value is -5.68. The third-order valence-electron chi connectivity index (χ3n) is 8.47. The van der Waals surface area contributed by atoms with Crippen LogP contribution in [0, 0.1) is 0 Å². The van der Waals surface area contributed by atoms with Crippen LogP contribution in [0.4, 0.5) is 0 Å². The highest BCUT2D eigenvalue weighted by atomic mass is 16.5. The number of aliphatic hydroxyl groups excluding tert-OH is 2. The maximum absolute atomic E-state index is 9.53. The second-order valence-electron chi connectivity index (χ2n) is 11.5. The summed E-state index contributed by atoms with van der Waals surface area (Å²) in [6.45, 7) is 0.0194. The van der Waals surface area contributed by atoms with Crippen molar-refractivity contribution in [2.24, 2.45) is 0 Å². The molecule has 0 saturated carbocycles. The van der Waals surface area contributed by atoms with Crippen molar-refractivity contribution >= 4 is 23.3 Å². The first-order valence-electron chi connectivity index (χ1n) is 15.9. The molecule has 0 aliphatic heterocycles. The van der Waals surface area contributed by atoms with Crippen LogP contribution in [0.1, 0.15) is 44.5 Å². The lowest BCUT2D eigenvalue weighted by Gasteiger charge is -2.12. The van der Waals surface area contributed by atoms with Crippen molar-refractivity contribution in [1.82, 2.24) is 0 Å². The van der Waals surface area contributed by atoms with E-state index in [0.29, 0.717) is 0 Å². The molecule has 0 radical (unpaired) electrons. The van der Waals surface area contributed by atoms with Gasteiger partial charge in [-0.2, -0.15) is 0 Å². The molecule has 4 heteroatoms. The van der Waals surface area contributed by atoms with E-state index >= 15 is 0 Å². The van der Waals surface area contributed by atoms with Crippen LogP contribution in [0.5, 0.6) is 11.5 Å². The number of hydrogen-bond donors (Lipinski definition) is 2. The Morgan fingerprint density at radius 3 is 0.979 bits per heavy atom. The lowest BCUT2D eigenvalue weighted by atomic mass is 9.93. The molecule has 0 unspecified atom stereocenters. The second-order valence-corrected chi connectivity index (χ2v) is 11.5. The van der Waals surface area contributed by atoms with Gasteiger partial charge >= 0.3 is 0 Å². The monoisotopic (exact) mass is 630 g/mol. The Labute approximate surface area is 282 Å². The smallest absolute Gasteiger partial charge is 0.118 e. The maximum atomic E-state index is 9.53. The van der Waals surface area contributed by atoms with Gasteiger partial charge in [0.2, 0.25) is 0 Å². The minimum Gasteiger partial charge on any atom is -0.497 e. The molecule has 6 aromatic rings. The van der Waals surface area contributed by atoms with Crippen LogP contribution in [0.25, 0.3) is 34.4 Å². The Morgan fingerprint density at radius 1 is 0.417 bits per heavy atom. The first-order valence-corrected chi connectivity index (χ1v) is 15.9. The summed E-state index contributed by atoms with van der Waals surface area (Å²) in [4.78, 5) is 0. The molecule has 4 nitrogen and oxygen atoms in total. The SMILES string of the molecule is COc1ccc(C(=Cc2ccc(-c3ccc(C=C(c4ccc(CO)cc4)c4ccc(CO)cc4)cc3)cc2)c2ccc(OC)cc2)cc1. The summed E-state index contributed by atoms with van der Waals surface area (Å²) in [6.07, 6.45) is 4.39. The van der Waals surface area contributed by atoms with E-state index in [-0.39, 0.29) is 13.2 Å². The topological polar surface area (TPSA) is 58.9 Å². The van der Waals surface area contributed by atoms with Gasteiger partial charge in [-0.05, 0) is 103 Å². The van der Waals surface area contributed by atoms with Gasteiger partial charge in [0.25, 0.3) is 0 Å². The fourth-order valence-corrected chi connectivity index (χ4v) is 5.66. The van der Waals surface area contributed by atoms with E-state index in [1.54, 1.807) is 14.2 Å². The van der Waals surface area contributed by atoms with Crippen LogP contribution < -0.4 is 9.47 Å². The number of benzene rings is 6. The average Bonchev–Trinajstić information content (AvgIpc) is 3.17. The van der Waals surface area contributed by atoms with Gasteiger partial charge < -0.3 is 19.7 Å². The number of methoxy groups -OCH3 is 2. The lowest BCUT2D eigenvalue weighted by Crippen LogP contribution is -1.92. The molecular formula is C44H38O4. The first kappa shape index (κ1) is 32.3. The molecule has 0 amide bonds. The number of hydrogen-bond acceptors (Lipinski definition) is 4. The second kappa shape index (κ2) is 15.3. The van der Waals surface area contributed by atoms with E-state index in [4.69, 9.17) is 9.47 Å². The number of ether oxygens (including phenoxy) is 2. The molecule has 48 heavy (non-hydrogen) atoms. The molecule has 0 aliphatic carbocycles. The highest BCUT2D eigenvalue weighted by Gasteiger charge is 2.09. The Bertz CT molecular complexity index is 1740. The first-order chi connectivity index (χ1) is 23.6. The molecule has 0 fully saturated rings. The molecule has 0 saturated heterocycles. The molecule has 238 valence electrons. The third-order valence-corrected chi connectivity index (χ3v) is 8.47. The normalized spacial score (nSPS) is 10.7. The van der Waals surface area contributed by atoms with Gasteiger partial charge in [0.05, 0.1) is 27.4 Å². The van der Waals surface area contributed by atoms with Crippen molar-refractivity contribution in [1.29, 1.82) is 0 Å². The van der Waals surface area contributed by atoms with Crippen molar-refractivity contribution in [3.63, 3.8) is 0 Å². The number of rotatable bonds is 11. The van der Waals surface area contributed by atoms with Crippen LogP contribution in [-0.2, 0) is 13.2 Å². The Kier molecular flexibility index (Phi) is 10.3. The van der Waals surface area contributed by atoms with Crippen LogP contribution in [-0.4, -0.2) is 24.4 Å². The highest BCUT2D eigenvalue weighted by molar-refractivity contribution is 5.93. The van der Waals surface area contributed by atoms with Crippen LogP contribution in [0.3, 0.4) is 0 Å². The van der Waals surface area contributed by atoms with Crippen molar-refractivity contribution in [2.45, 2.75) is 13.2 Å². The van der Waals surface area contributed by atoms with Crippen molar-refractivity contribution in [3.8, 4) is 22.6 Å². The van der Waals surface area contributed by atoms with E-state index in [2.05, 4.69) is 84.9 Å². The summed E-state index contributed by atoms with van der Waals surface area (Å²) in [5.74, 6) is 1.65. The van der Waals surface area contributed by atoms with Crippen molar-refractivity contribution in [3.05, 3.63) is 190 Å². The lowest BCUT2D eigenvalue weighted by molar-refractivity contribution is 0.281. The highest BCUT2D eigenvalue weighted by Crippen LogP contribution is 2.31. The molecule has 0 heterocycles. The molecular weight excluding hydrogens is 592 g/mol. The van der Waals surface area contributed by atoms with Crippen LogP contribution >= 0.6 is 0 Å². The van der Waals surface area contributed by atoms with Crippen LogP contribution in [0.2, 0.25) is 0 Å². The summed E-state index contributed by atoms with van der Waals surface area (Å²) in [5.41, 5.74) is 12.7. The van der Waals surface area contributed by atoms with Gasteiger partial charge in [0, 0.05) is 0 Å². The molecule has 6 rings (SSSR count). The van der Waals surface area contributed by atoms with E-state index in [1.807, 2.05) is 72.8 Å². The molecule has 0 bridgehead atoms. The largest absolute Gasteiger partial charge is 0.497 e. The van der Waals surface area contributed by atoms with E-state index in [9.17, 15) is 10.2 Å². The minimum absolute atomic E-state index is 0.00968. The standard InChI is InChI=1S/C44H38O4/c1-47-41-23-19-39(20-24-41)44(40-21-25-42(48-2)26-22-40)28-32-5-13-36(14-6-32)35-11-3-31(4-12-35)27-43(37-15-7-33(29-45)8-16-37)38-17-9-34(30-46)10-18-38/h3-28,45-46H,29-30H2,1-2H3. The van der Waals surface area contributed by atoms with Gasteiger partial charge in [-0.1, -0.05) is 121 Å². The van der Waals surface area contributed by atoms with Crippen molar-refractivity contribution in [2.75, 3.05) is 14.2 Å². The van der Waals surface area contributed by atoms with Gasteiger partial charge in [-0.3, -0.25) is 0 Å². The average molecular weight is 631 g/mol. The zero-order valence-electron chi connectivity index (χ0n) is 27.1. The van der Waals surface area contributed by atoms with Gasteiger partial charge in [0.15, 0.2) is 0 Å². The maximum Gasteiger partial charge on any atom is 0.118 e. The molecule has 0 aliphatic rings. The van der Waals surface area contributed by atoms with E-state index < -0.39 is 0 Å². The molecule has 6 aromatic carbocycles. The zero-order chi connectivity index (χ0) is 33.3. The van der Waals surface area contributed by atoms with Gasteiger partial charge in [-0.15, -0.1) is 0 Å². The minimum atomic E-state index is 0.00968. The summed E-state index contributed by atoms with van der Waals surface area (Å²) >= 11 is 0.